The molecular formula is C17H14F3N5O. The Balaban J connectivity index is 1.84. The van der Waals surface area contributed by atoms with E-state index in [1.807, 2.05) is 6.07 Å². The Hall–Kier alpha value is -3.49. The molecule has 3 rings (SSSR count). The van der Waals surface area contributed by atoms with Crippen molar-refractivity contribution in [2.75, 3.05) is 16.4 Å². The molecule has 0 spiro atoms. The first-order chi connectivity index (χ1) is 12.3. The summed E-state index contributed by atoms with van der Waals surface area (Å²) in [5, 5.41) is 11.8. The molecule has 1 amide bonds. The van der Waals surface area contributed by atoms with Gasteiger partial charge in [-0.25, -0.2) is 0 Å². The van der Waals surface area contributed by atoms with Gasteiger partial charge in [-0.3, -0.25) is 9.89 Å². The molecule has 0 aliphatic carbocycles. The first-order valence-electron chi connectivity index (χ1n) is 7.49. The monoisotopic (exact) mass is 361 g/mol. The van der Waals surface area contributed by atoms with Crippen LogP contribution in [-0.4, -0.2) is 16.1 Å². The first kappa shape index (κ1) is 17.3. The number of aromatic nitrogens is 2. The molecule has 0 atom stereocenters. The van der Waals surface area contributed by atoms with E-state index < -0.39 is 17.6 Å². The molecule has 0 aliphatic rings. The summed E-state index contributed by atoms with van der Waals surface area (Å²) < 4.78 is 38.4. The second kappa shape index (κ2) is 6.79. The van der Waals surface area contributed by atoms with Crippen LogP contribution >= 0.6 is 0 Å². The molecule has 2 aromatic carbocycles. The molecule has 0 unspecified atom stereocenters. The highest BCUT2D eigenvalue weighted by Gasteiger charge is 2.30. The van der Waals surface area contributed by atoms with E-state index in [9.17, 15) is 18.0 Å². The molecule has 134 valence electrons. The number of rotatable bonds is 4. The summed E-state index contributed by atoms with van der Waals surface area (Å²) in [5.41, 5.74) is 5.56. The lowest BCUT2D eigenvalue weighted by atomic mass is 10.2. The fourth-order valence-corrected chi connectivity index (χ4v) is 2.30. The van der Waals surface area contributed by atoms with Gasteiger partial charge < -0.3 is 16.4 Å². The fourth-order valence-electron chi connectivity index (χ4n) is 2.30. The molecule has 0 radical (unpaired) electrons. The number of hydrogen-bond donors (Lipinski definition) is 4. The number of alkyl halides is 3. The summed E-state index contributed by atoms with van der Waals surface area (Å²) in [4.78, 5) is 12.5. The zero-order valence-electron chi connectivity index (χ0n) is 13.3. The van der Waals surface area contributed by atoms with Gasteiger partial charge in [0.15, 0.2) is 5.82 Å². The van der Waals surface area contributed by atoms with Gasteiger partial charge in [-0.05, 0) is 30.3 Å². The lowest BCUT2D eigenvalue weighted by molar-refractivity contribution is -0.137. The van der Waals surface area contributed by atoms with Crippen LogP contribution in [0.3, 0.4) is 0 Å². The summed E-state index contributed by atoms with van der Waals surface area (Å²) in [5.74, 6) is -0.528. The molecule has 0 bridgehead atoms. The number of nitrogens with zero attached hydrogens (tertiary/aromatic N) is 1. The molecule has 26 heavy (non-hydrogen) atoms. The number of nitrogen functional groups attached to an aromatic ring is 1. The maximum Gasteiger partial charge on any atom is 0.416 e. The summed E-state index contributed by atoms with van der Waals surface area (Å²) in [6.07, 6.45) is -4.50. The maximum atomic E-state index is 12.8. The van der Waals surface area contributed by atoms with E-state index in [1.165, 1.54) is 12.1 Å². The van der Waals surface area contributed by atoms with E-state index in [4.69, 9.17) is 5.73 Å². The van der Waals surface area contributed by atoms with Gasteiger partial charge in [0.2, 0.25) is 0 Å². The van der Waals surface area contributed by atoms with Crippen molar-refractivity contribution in [1.29, 1.82) is 0 Å². The third kappa shape index (κ3) is 3.77. The predicted octanol–water partition coefficient (Wildman–Crippen LogP) is 4.01. The fraction of sp³-hybridized carbons (Fsp3) is 0.0588. The number of benzene rings is 2. The zero-order chi connectivity index (χ0) is 18.7. The van der Waals surface area contributed by atoms with Gasteiger partial charge in [0.1, 0.15) is 11.4 Å². The van der Waals surface area contributed by atoms with Crippen molar-refractivity contribution in [2.45, 2.75) is 6.18 Å². The third-order valence-electron chi connectivity index (χ3n) is 3.51. The Morgan fingerprint density at radius 3 is 2.42 bits per heavy atom. The van der Waals surface area contributed by atoms with Crippen LogP contribution in [-0.2, 0) is 6.18 Å². The molecule has 6 nitrogen and oxygen atoms in total. The summed E-state index contributed by atoms with van der Waals surface area (Å²) in [7, 11) is 0. The van der Waals surface area contributed by atoms with Gasteiger partial charge in [-0.1, -0.05) is 24.3 Å². The minimum absolute atomic E-state index is 0.00362. The Kier molecular flexibility index (Phi) is 4.53. The lowest BCUT2D eigenvalue weighted by Crippen LogP contribution is -2.15. The molecule has 0 saturated heterocycles. The molecular weight excluding hydrogens is 347 g/mol. The van der Waals surface area contributed by atoms with E-state index in [0.29, 0.717) is 5.69 Å². The van der Waals surface area contributed by atoms with E-state index in [1.54, 1.807) is 24.3 Å². The van der Waals surface area contributed by atoms with Gasteiger partial charge in [0, 0.05) is 11.4 Å². The number of anilines is 4. The van der Waals surface area contributed by atoms with Crippen molar-refractivity contribution in [1.82, 2.24) is 10.2 Å². The SMILES string of the molecule is Nc1[nH]nc(Nc2ccccc2)c1C(=O)Nc1cccc(C(F)(F)F)c1. The summed E-state index contributed by atoms with van der Waals surface area (Å²) >= 11 is 0. The number of carbonyl (C=O) groups is 1. The Labute approximate surface area is 146 Å². The number of carbonyl (C=O) groups excluding carboxylic acids is 1. The normalized spacial score (nSPS) is 11.2. The Bertz CT molecular complexity index is 922. The molecule has 3 aromatic rings. The highest BCUT2D eigenvalue weighted by molar-refractivity contribution is 6.11. The highest BCUT2D eigenvalue weighted by atomic mass is 19.4. The van der Waals surface area contributed by atoms with Crippen molar-refractivity contribution >= 4 is 28.9 Å². The number of nitrogens with two attached hydrogens (primary N) is 1. The van der Waals surface area contributed by atoms with Crippen LogP contribution in [0, 0.1) is 0 Å². The van der Waals surface area contributed by atoms with Crippen LogP contribution in [0.15, 0.2) is 54.6 Å². The second-order valence-electron chi connectivity index (χ2n) is 5.38. The van der Waals surface area contributed by atoms with Crippen LogP contribution in [0.5, 0.6) is 0 Å². The number of halogens is 3. The van der Waals surface area contributed by atoms with E-state index >= 15 is 0 Å². The number of aromatic amines is 1. The number of para-hydroxylation sites is 1. The maximum absolute atomic E-state index is 12.8. The number of amides is 1. The van der Waals surface area contributed by atoms with Crippen LogP contribution in [0.1, 0.15) is 15.9 Å². The van der Waals surface area contributed by atoms with Gasteiger partial charge in [-0.15, -0.1) is 0 Å². The van der Waals surface area contributed by atoms with Crippen molar-refractivity contribution in [3.63, 3.8) is 0 Å². The Morgan fingerprint density at radius 2 is 1.73 bits per heavy atom. The lowest BCUT2D eigenvalue weighted by Gasteiger charge is -2.10. The van der Waals surface area contributed by atoms with Crippen LogP contribution in [0.2, 0.25) is 0 Å². The predicted molar refractivity (Wildman–Crippen MR) is 92.1 cm³/mol. The third-order valence-corrected chi connectivity index (χ3v) is 3.51. The average molecular weight is 361 g/mol. The number of nitrogens with one attached hydrogen (secondary N) is 3. The van der Waals surface area contributed by atoms with Crippen molar-refractivity contribution in [2.24, 2.45) is 0 Å². The van der Waals surface area contributed by atoms with Crippen molar-refractivity contribution < 1.29 is 18.0 Å². The second-order valence-corrected chi connectivity index (χ2v) is 5.38. The smallest absolute Gasteiger partial charge is 0.383 e. The minimum atomic E-state index is -4.50. The molecule has 1 aromatic heterocycles. The van der Waals surface area contributed by atoms with E-state index in [-0.39, 0.29) is 22.9 Å². The molecule has 5 N–H and O–H groups in total. The zero-order valence-corrected chi connectivity index (χ0v) is 13.3. The topological polar surface area (TPSA) is 95.8 Å². The van der Waals surface area contributed by atoms with E-state index in [0.717, 1.165) is 12.1 Å². The van der Waals surface area contributed by atoms with Gasteiger partial charge in [0.25, 0.3) is 5.91 Å². The summed E-state index contributed by atoms with van der Waals surface area (Å²) in [6, 6.07) is 13.3. The Morgan fingerprint density at radius 1 is 1.04 bits per heavy atom. The van der Waals surface area contributed by atoms with Gasteiger partial charge in [-0.2, -0.15) is 18.3 Å². The average Bonchev–Trinajstić information content (AvgIpc) is 2.96. The molecule has 0 saturated carbocycles. The number of H-pyrrole nitrogens is 1. The summed E-state index contributed by atoms with van der Waals surface area (Å²) in [6.45, 7) is 0. The molecule has 1 heterocycles. The number of hydrogen-bond acceptors (Lipinski definition) is 4. The van der Waals surface area contributed by atoms with Crippen molar-refractivity contribution in [3.8, 4) is 0 Å². The van der Waals surface area contributed by atoms with Gasteiger partial charge in [0.05, 0.1) is 5.56 Å². The molecule has 9 heteroatoms. The standard InChI is InChI=1S/C17H14F3N5O/c18-17(19,20)10-5-4-8-12(9-10)23-16(26)13-14(21)24-25-15(13)22-11-6-2-1-3-7-11/h1-9H,(H,23,26)(H4,21,22,24,25). The van der Waals surface area contributed by atoms with Crippen LogP contribution < -0.4 is 16.4 Å². The quantitative estimate of drug-likeness (QED) is 0.565. The first-order valence-corrected chi connectivity index (χ1v) is 7.49. The molecule has 0 aliphatic heterocycles. The van der Waals surface area contributed by atoms with Crippen LogP contribution in [0.4, 0.5) is 36.2 Å². The largest absolute Gasteiger partial charge is 0.416 e. The van der Waals surface area contributed by atoms with Gasteiger partial charge >= 0.3 is 6.18 Å². The van der Waals surface area contributed by atoms with E-state index in [2.05, 4.69) is 20.8 Å². The minimum Gasteiger partial charge on any atom is -0.383 e. The highest BCUT2D eigenvalue weighted by Crippen LogP contribution is 2.31. The van der Waals surface area contributed by atoms with Crippen LogP contribution in [0.25, 0.3) is 0 Å². The van der Waals surface area contributed by atoms with Crippen molar-refractivity contribution in [3.05, 3.63) is 65.7 Å². The molecule has 0 fully saturated rings.